The predicted molar refractivity (Wildman–Crippen MR) is 56.3 cm³/mol. The van der Waals surface area contributed by atoms with Gasteiger partial charge in [0.15, 0.2) is 0 Å². The molecular formula is C12H13NO. The van der Waals surface area contributed by atoms with Crippen LogP contribution in [0.25, 0.3) is 5.70 Å². The fraction of sp³-hybridized carbons (Fsp3) is 0.250. The lowest BCUT2D eigenvalue weighted by Gasteiger charge is -2.19. The highest BCUT2D eigenvalue weighted by Crippen LogP contribution is 2.19. The van der Waals surface area contributed by atoms with Gasteiger partial charge in [-0.05, 0) is 12.0 Å². The molecule has 2 nitrogen and oxygen atoms in total. The molecule has 1 amide bonds. The van der Waals surface area contributed by atoms with Crippen molar-refractivity contribution < 1.29 is 4.79 Å². The summed E-state index contributed by atoms with van der Waals surface area (Å²) in [4.78, 5) is 11.4. The van der Waals surface area contributed by atoms with E-state index in [-0.39, 0.29) is 11.8 Å². The van der Waals surface area contributed by atoms with Crippen molar-refractivity contribution >= 4 is 11.6 Å². The molecule has 14 heavy (non-hydrogen) atoms. The number of benzene rings is 1. The minimum absolute atomic E-state index is 0.0995. The lowest BCUT2D eigenvalue weighted by Crippen LogP contribution is -2.31. The zero-order chi connectivity index (χ0) is 9.97. The maximum Gasteiger partial charge on any atom is 0.227 e. The average molecular weight is 187 g/mol. The van der Waals surface area contributed by atoms with E-state index in [9.17, 15) is 4.79 Å². The summed E-state index contributed by atoms with van der Waals surface area (Å²) in [6.07, 6.45) is 2.91. The van der Waals surface area contributed by atoms with Crippen molar-refractivity contribution in [2.75, 3.05) is 0 Å². The third kappa shape index (κ3) is 1.69. The summed E-state index contributed by atoms with van der Waals surface area (Å²) in [6.45, 7) is 1.94. The smallest absolute Gasteiger partial charge is 0.227 e. The molecule has 0 saturated heterocycles. The first-order valence-corrected chi connectivity index (χ1v) is 4.84. The molecule has 1 unspecified atom stereocenters. The summed E-state index contributed by atoms with van der Waals surface area (Å²) < 4.78 is 0. The van der Waals surface area contributed by atoms with Gasteiger partial charge in [0, 0.05) is 11.6 Å². The summed E-state index contributed by atoms with van der Waals surface area (Å²) in [6, 6.07) is 9.92. The van der Waals surface area contributed by atoms with Gasteiger partial charge in [0.2, 0.25) is 5.91 Å². The predicted octanol–water partition coefficient (Wildman–Crippen LogP) is 2.18. The SMILES string of the molecule is CC1CC=C(c2ccccc2)NC1=O. The van der Waals surface area contributed by atoms with Gasteiger partial charge in [0.1, 0.15) is 0 Å². The van der Waals surface area contributed by atoms with Crippen LogP contribution in [0.1, 0.15) is 18.9 Å². The second-order valence-corrected chi connectivity index (χ2v) is 3.61. The first-order valence-electron chi connectivity index (χ1n) is 4.84. The Morgan fingerprint density at radius 1 is 1.29 bits per heavy atom. The Hall–Kier alpha value is -1.57. The highest BCUT2D eigenvalue weighted by molar-refractivity contribution is 5.90. The Morgan fingerprint density at radius 2 is 2.00 bits per heavy atom. The van der Waals surface area contributed by atoms with Crippen molar-refractivity contribution in [3.8, 4) is 0 Å². The highest BCUT2D eigenvalue weighted by atomic mass is 16.1. The number of nitrogens with one attached hydrogen (secondary N) is 1. The summed E-state index contributed by atoms with van der Waals surface area (Å²) in [5, 5.41) is 2.90. The molecule has 1 aromatic rings. The number of carbonyl (C=O) groups is 1. The van der Waals surface area contributed by atoms with E-state index in [1.54, 1.807) is 0 Å². The maximum absolute atomic E-state index is 11.4. The molecule has 1 atom stereocenters. The summed E-state index contributed by atoms with van der Waals surface area (Å²) in [5.74, 6) is 0.216. The van der Waals surface area contributed by atoms with Crippen LogP contribution in [0.5, 0.6) is 0 Å². The van der Waals surface area contributed by atoms with Gasteiger partial charge in [-0.2, -0.15) is 0 Å². The fourth-order valence-corrected chi connectivity index (χ4v) is 1.52. The Kier molecular flexibility index (Phi) is 2.35. The molecule has 0 radical (unpaired) electrons. The number of hydrogen-bond acceptors (Lipinski definition) is 1. The van der Waals surface area contributed by atoms with Crippen LogP contribution in [0.2, 0.25) is 0 Å². The summed E-state index contributed by atoms with van der Waals surface area (Å²) in [7, 11) is 0. The van der Waals surface area contributed by atoms with Crippen LogP contribution in [0, 0.1) is 5.92 Å². The molecule has 0 aromatic heterocycles. The van der Waals surface area contributed by atoms with Crippen LogP contribution in [-0.2, 0) is 4.79 Å². The van der Waals surface area contributed by atoms with E-state index in [0.29, 0.717) is 0 Å². The standard InChI is InChI=1S/C12H13NO/c1-9-7-8-11(13-12(9)14)10-5-3-2-4-6-10/h2-6,8-9H,7H2,1H3,(H,13,14). The third-order valence-corrected chi connectivity index (χ3v) is 2.47. The molecule has 0 bridgehead atoms. The van der Waals surface area contributed by atoms with Crippen molar-refractivity contribution in [1.82, 2.24) is 5.32 Å². The molecule has 2 rings (SSSR count). The van der Waals surface area contributed by atoms with Crippen molar-refractivity contribution in [1.29, 1.82) is 0 Å². The van der Waals surface area contributed by atoms with Crippen LogP contribution in [0.15, 0.2) is 36.4 Å². The van der Waals surface area contributed by atoms with E-state index < -0.39 is 0 Å². The fourth-order valence-electron chi connectivity index (χ4n) is 1.52. The normalized spacial score (nSPS) is 21.4. The Balaban J connectivity index is 2.25. The molecule has 1 heterocycles. The van der Waals surface area contributed by atoms with Gasteiger partial charge in [-0.15, -0.1) is 0 Å². The van der Waals surface area contributed by atoms with Crippen LogP contribution in [0.4, 0.5) is 0 Å². The molecule has 0 saturated carbocycles. The molecule has 72 valence electrons. The third-order valence-electron chi connectivity index (χ3n) is 2.47. The number of hydrogen-bond donors (Lipinski definition) is 1. The largest absolute Gasteiger partial charge is 0.326 e. The molecule has 0 spiro atoms. The highest BCUT2D eigenvalue weighted by Gasteiger charge is 2.18. The van der Waals surface area contributed by atoms with Gasteiger partial charge in [0.05, 0.1) is 0 Å². The first kappa shape index (κ1) is 9.00. The Labute approximate surface area is 83.6 Å². The number of rotatable bonds is 1. The second kappa shape index (κ2) is 3.66. The summed E-state index contributed by atoms with van der Waals surface area (Å²) in [5.41, 5.74) is 2.02. The van der Waals surface area contributed by atoms with Gasteiger partial charge in [-0.1, -0.05) is 43.3 Å². The molecule has 1 N–H and O–H groups in total. The van der Waals surface area contributed by atoms with Crippen molar-refractivity contribution in [3.63, 3.8) is 0 Å². The van der Waals surface area contributed by atoms with E-state index in [0.717, 1.165) is 17.7 Å². The minimum Gasteiger partial charge on any atom is -0.326 e. The Bertz CT molecular complexity index is 367. The van der Waals surface area contributed by atoms with Crippen LogP contribution < -0.4 is 5.32 Å². The molecule has 0 aliphatic carbocycles. The quantitative estimate of drug-likeness (QED) is 0.717. The topological polar surface area (TPSA) is 29.1 Å². The first-order chi connectivity index (χ1) is 6.77. The number of amides is 1. The molecule has 1 aliphatic heterocycles. The van der Waals surface area contributed by atoms with E-state index in [1.807, 2.05) is 37.3 Å². The lowest BCUT2D eigenvalue weighted by atomic mass is 9.99. The molecule has 0 fully saturated rings. The zero-order valence-corrected chi connectivity index (χ0v) is 8.16. The van der Waals surface area contributed by atoms with E-state index in [4.69, 9.17) is 0 Å². The van der Waals surface area contributed by atoms with Gasteiger partial charge in [-0.3, -0.25) is 4.79 Å². The van der Waals surface area contributed by atoms with Crippen LogP contribution in [0.3, 0.4) is 0 Å². The average Bonchev–Trinajstić information content (AvgIpc) is 2.23. The van der Waals surface area contributed by atoms with E-state index in [2.05, 4.69) is 11.4 Å². The minimum atomic E-state index is 0.0995. The molecular weight excluding hydrogens is 174 g/mol. The molecule has 1 aliphatic rings. The van der Waals surface area contributed by atoms with E-state index in [1.165, 1.54) is 0 Å². The lowest BCUT2D eigenvalue weighted by molar-refractivity contribution is -0.123. The maximum atomic E-state index is 11.4. The Morgan fingerprint density at radius 3 is 2.64 bits per heavy atom. The second-order valence-electron chi connectivity index (χ2n) is 3.61. The van der Waals surface area contributed by atoms with Gasteiger partial charge >= 0.3 is 0 Å². The number of allylic oxidation sites excluding steroid dienone is 1. The van der Waals surface area contributed by atoms with Gasteiger partial charge < -0.3 is 5.32 Å². The number of carbonyl (C=O) groups excluding carboxylic acids is 1. The van der Waals surface area contributed by atoms with Crippen molar-refractivity contribution in [2.45, 2.75) is 13.3 Å². The van der Waals surface area contributed by atoms with Crippen molar-refractivity contribution in [3.05, 3.63) is 42.0 Å². The van der Waals surface area contributed by atoms with Crippen LogP contribution >= 0.6 is 0 Å². The van der Waals surface area contributed by atoms with Crippen LogP contribution in [-0.4, -0.2) is 5.91 Å². The molecule has 2 heteroatoms. The van der Waals surface area contributed by atoms with Crippen molar-refractivity contribution in [2.24, 2.45) is 5.92 Å². The zero-order valence-electron chi connectivity index (χ0n) is 8.16. The molecule has 1 aromatic carbocycles. The van der Waals surface area contributed by atoms with E-state index >= 15 is 0 Å². The van der Waals surface area contributed by atoms with Gasteiger partial charge in [-0.25, -0.2) is 0 Å². The summed E-state index contributed by atoms with van der Waals surface area (Å²) >= 11 is 0. The monoisotopic (exact) mass is 187 g/mol. The van der Waals surface area contributed by atoms with Gasteiger partial charge in [0.25, 0.3) is 0 Å².